The molecule has 0 aliphatic rings. The monoisotopic (exact) mass is 236 g/mol. The zero-order valence-corrected chi connectivity index (χ0v) is 10.5. The zero-order chi connectivity index (χ0) is 12.9. The lowest BCUT2D eigenvalue weighted by Crippen LogP contribution is -2.36. The Labute approximate surface area is 102 Å². The molecule has 17 heavy (non-hydrogen) atoms. The SMILES string of the molecule is CCCC(N)(CCC)c1cccc([N+](=O)[O-])c1. The van der Waals surface area contributed by atoms with Crippen LogP contribution in [0.25, 0.3) is 0 Å². The Bertz CT molecular complexity index is 385. The van der Waals surface area contributed by atoms with Crippen molar-refractivity contribution in [3.63, 3.8) is 0 Å². The molecule has 0 spiro atoms. The summed E-state index contributed by atoms with van der Waals surface area (Å²) in [5, 5.41) is 10.8. The van der Waals surface area contributed by atoms with Gasteiger partial charge >= 0.3 is 0 Å². The van der Waals surface area contributed by atoms with E-state index >= 15 is 0 Å². The molecule has 0 radical (unpaired) electrons. The number of hydrogen-bond acceptors (Lipinski definition) is 3. The first-order valence-corrected chi connectivity index (χ1v) is 6.07. The highest BCUT2D eigenvalue weighted by atomic mass is 16.6. The molecule has 0 saturated carbocycles. The second kappa shape index (κ2) is 5.77. The number of rotatable bonds is 6. The molecule has 0 amide bonds. The van der Waals surface area contributed by atoms with E-state index in [1.807, 2.05) is 6.07 Å². The lowest BCUT2D eigenvalue weighted by Gasteiger charge is -2.29. The molecule has 0 heterocycles. The molecular formula is C13H20N2O2. The van der Waals surface area contributed by atoms with Gasteiger partial charge in [0.1, 0.15) is 0 Å². The van der Waals surface area contributed by atoms with Gasteiger partial charge in [-0.1, -0.05) is 38.8 Å². The molecule has 1 rings (SSSR count). The molecule has 4 nitrogen and oxygen atoms in total. The van der Waals surface area contributed by atoms with Crippen LogP contribution in [0.5, 0.6) is 0 Å². The third-order valence-corrected chi connectivity index (χ3v) is 3.02. The topological polar surface area (TPSA) is 69.2 Å². The average Bonchev–Trinajstić information content (AvgIpc) is 2.30. The van der Waals surface area contributed by atoms with Crippen molar-refractivity contribution in [1.29, 1.82) is 0 Å². The van der Waals surface area contributed by atoms with Gasteiger partial charge in [0.2, 0.25) is 0 Å². The molecule has 94 valence electrons. The molecule has 1 aromatic rings. The Hall–Kier alpha value is -1.42. The van der Waals surface area contributed by atoms with Gasteiger partial charge in [-0.2, -0.15) is 0 Å². The number of non-ortho nitro benzene ring substituents is 1. The molecule has 0 aromatic heterocycles. The summed E-state index contributed by atoms with van der Waals surface area (Å²) in [7, 11) is 0. The Balaban J connectivity index is 3.09. The van der Waals surface area contributed by atoms with Crippen molar-refractivity contribution in [3.8, 4) is 0 Å². The summed E-state index contributed by atoms with van der Waals surface area (Å²) in [5.74, 6) is 0. The van der Waals surface area contributed by atoms with Gasteiger partial charge in [-0.15, -0.1) is 0 Å². The maximum absolute atomic E-state index is 10.8. The Morgan fingerprint density at radius 2 is 1.88 bits per heavy atom. The molecule has 0 atom stereocenters. The molecular weight excluding hydrogens is 216 g/mol. The first-order valence-electron chi connectivity index (χ1n) is 6.07. The Morgan fingerprint density at radius 1 is 1.29 bits per heavy atom. The smallest absolute Gasteiger partial charge is 0.269 e. The standard InChI is InChI=1S/C13H20N2O2/c1-3-8-13(14,9-4-2)11-6-5-7-12(10-11)15(16)17/h5-7,10H,3-4,8-9,14H2,1-2H3. The highest BCUT2D eigenvalue weighted by Gasteiger charge is 2.26. The molecule has 0 aliphatic carbocycles. The van der Waals surface area contributed by atoms with Crippen LogP contribution in [0.2, 0.25) is 0 Å². The normalized spacial score (nSPS) is 11.5. The van der Waals surface area contributed by atoms with Crippen LogP contribution in [0.4, 0.5) is 5.69 Å². The van der Waals surface area contributed by atoms with Crippen LogP contribution in [0, 0.1) is 10.1 Å². The summed E-state index contributed by atoms with van der Waals surface area (Å²) in [6.07, 6.45) is 3.64. The van der Waals surface area contributed by atoms with Crippen LogP contribution >= 0.6 is 0 Å². The van der Waals surface area contributed by atoms with E-state index < -0.39 is 5.54 Å². The number of nitrogens with zero attached hydrogens (tertiary/aromatic N) is 1. The molecule has 0 saturated heterocycles. The molecule has 1 aromatic carbocycles. The summed E-state index contributed by atoms with van der Waals surface area (Å²) in [6, 6.07) is 6.70. The zero-order valence-electron chi connectivity index (χ0n) is 10.5. The third kappa shape index (κ3) is 3.27. The van der Waals surface area contributed by atoms with Crippen molar-refractivity contribution >= 4 is 5.69 Å². The van der Waals surface area contributed by atoms with Crippen molar-refractivity contribution in [2.45, 2.75) is 45.1 Å². The van der Waals surface area contributed by atoms with E-state index in [0.29, 0.717) is 0 Å². The fourth-order valence-electron chi connectivity index (χ4n) is 2.24. The number of hydrogen-bond donors (Lipinski definition) is 1. The lowest BCUT2D eigenvalue weighted by atomic mass is 9.82. The van der Waals surface area contributed by atoms with Crippen molar-refractivity contribution < 1.29 is 4.92 Å². The van der Waals surface area contributed by atoms with E-state index in [4.69, 9.17) is 5.73 Å². The second-order valence-electron chi connectivity index (χ2n) is 4.46. The highest BCUT2D eigenvalue weighted by Crippen LogP contribution is 2.30. The van der Waals surface area contributed by atoms with E-state index in [1.165, 1.54) is 6.07 Å². The van der Waals surface area contributed by atoms with E-state index in [9.17, 15) is 10.1 Å². The maximum Gasteiger partial charge on any atom is 0.269 e. The minimum Gasteiger partial charge on any atom is -0.321 e. The van der Waals surface area contributed by atoms with Gasteiger partial charge in [-0.05, 0) is 18.4 Å². The number of benzene rings is 1. The average molecular weight is 236 g/mol. The molecule has 0 aliphatic heterocycles. The van der Waals surface area contributed by atoms with Crippen LogP contribution in [0.15, 0.2) is 24.3 Å². The van der Waals surface area contributed by atoms with Gasteiger partial charge in [0, 0.05) is 17.7 Å². The Kier molecular flexibility index (Phi) is 4.63. The minimum atomic E-state index is -0.435. The van der Waals surface area contributed by atoms with Gasteiger partial charge < -0.3 is 5.73 Å². The van der Waals surface area contributed by atoms with E-state index in [0.717, 1.165) is 31.2 Å². The second-order valence-corrected chi connectivity index (χ2v) is 4.46. The molecule has 4 heteroatoms. The van der Waals surface area contributed by atoms with Crippen LogP contribution in [-0.4, -0.2) is 4.92 Å². The summed E-state index contributed by atoms with van der Waals surface area (Å²) in [5.41, 5.74) is 6.94. The van der Waals surface area contributed by atoms with Gasteiger partial charge in [-0.25, -0.2) is 0 Å². The fourth-order valence-corrected chi connectivity index (χ4v) is 2.24. The molecule has 2 N–H and O–H groups in total. The lowest BCUT2D eigenvalue weighted by molar-refractivity contribution is -0.385. The van der Waals surface area contributed by atoms with Gasteiger partial charge in [0.05, 0.1) is 4.92 Å². The van der Waals surface area contributed by atoms with Crippen molar-refractivity contribution in [3.05, 3.63) is 39.9 Å². The van der Waals surface area contributed by atoms with Crippen LogP contribution in [-0.2, 0) is 5.54 Å². The maximum atomic E-state index is 10.8. The van der Waals surface area contributed by atoms with Gasteiger partial charge in [0.25, 0.3) is 5.69 Å². The predicted octanol–water partition coefficient (Wildman–Crippen LogP) is 3.35. The Morgan fingerprint density at radius 3 is 2.35 bits per heavy atom. The summed E-state index contributed by atoms with van der Waals surface area (Å²) in [4.78, 5) is 10.4. The van der Waals surface area contributed by atoms with Crippen molar-refractivity contribution in [1.82, 2.24) is 0 Å². The summed E-state index contributed by atoms with van der Waals surface area (Å²) < 4.78 is 0. The minimum absolute atomic E-state index is 0.115. The van der Waals surface area contributed by atoms with Gasteiger partial charge in [-0.3, -0.25) is 10.1 Å². The first kappa shape index (κ1) is 13.6. The van der Waals surface area contributed by atoms with E-state index in [-0.39, 0.29) is 10.6 Å². The highest BCUT2D eigenvalue weighted by molar-refractivity contribution is 5.37. The van der Waals surface area contributed by atoms with Gasteiger partial charge in [0.15, 0.2) is 0 Å². The number of nitro groups is 1. The fraction of sp³-hybridized carbons (Fsp3) is 0.538. The quantitative estimate of drug-likeness (QED) is 0.608. The third-order valence-electron chi connectivity index (χ3n) is 3.02. The molecule has 0 fully saturated rings. The summed E-state index contributed by atoms with van der Waals surface area (Å²) in [6.45, 7) is 4.16. The van der Waals surface area contributed by atoms with Crippen LogP contribution in [0.1, 0.15) is 45.1 Å². The van der Waals surface area contributed by atoms with Crippen LogP contribution < -0.4 is 5.73 Å². The number of nitrogens with two attached hydrogens (primary N) is 1. The molecule has 0 unspecified atom stereocenters. The van der Waals surface area contributed by atoms with E-state index in [2.05, 4.69) is 13.8 Å². The summed E-state index contributed by atoms with van der Waals surface area (Å²) >= 11 is 0. The predicted molar refractivity (Wildman–Crippen MR) is 68.8 cm³/mol. The molecule has 0 bridgehead atoms. The van der Waals surface area contributed by atoms with Crippen molar-refractivity contribution in [2.24, 2.45) is 5.73 Å². The van der Waals surface area contributed by atoms with Crippen molar-refractivity contribution in [2.75, 3.05) is 0 Å². The van der Waals surface area contributed by atoms with Crippen LogP contribution in [0.3, 0.4) is 0 Å². The largest absolute Gasteiger partial charge is 0.321 e. The van der Waals surface area contributed by atoms with E-state index in [1.54, 1.807) is 12.1 Å². The first-order chi connectivity index (χ1) is 8.03. The number of nitro benzene ring substituents is 1.